The Morgan fingerprint density at radius 2 is 1.70 bits per heavy atom. The van der Waals surface area contributed by atoms with Gasteiger partial charge in [0.1, 0.15) is 10.8 Å². The van der Waals surface area contributed by atoms with Crippen LogP contribution in [-0.4, -0.2) is 16.1 Å². The van der Waals surface area contributed by atoms with Crippen molar-refractivity contribution in [1.29, 1.82) is 0 Å². The molecule has 0 atom stereocenters. The van der Waals surface area contributed by atoms with Crippen molar-refractivity contribution in [2.24, 2.45) is 0 Å². The first-order valence-electron chi connectivity index (χ1n) is 6.76. The maximum Gasteiger partial charge on any atom is 0.308 e. The molecule has 2 aromatic carbocycles. The average molecular weight is 392 g/mol. The zero-order chi connectivity index (χ0) is 16.4. The number of nitrogens with zero attached hydrogens (tertiary/aromatic N) is 1. The highest BCUT2D eigenvalue weighted by molar-refractivity contribution is 9.10. The highest BCUT2D eigenvalue weighted by Gasteiger charge is 2.16. The van der Waals surface area contributed by atoms with E-state index in [0.29, 0.717) is 16.1 Å². The number of aliphatic carboxylic acids is 1. The molecule has 1 aromatic heterocycles. The zero-order valence-corrected chi connectivity index (χ0v) is 14.2. The molecular weight excluding hydrogens is 381 g/mol. The Morgan fingerprint density at radius 3 is 2.30 bits per heavy atom. The molecule has 0 saturated heterocycles. The molecule has 1 N–H and O–H groups in total. The van der Waals surface area contributed by atoms with E-state index in [2.05, 4.69) is 20.9 Å². The van der Waals surface area contributed by atoms with Crippen LogP contribution in [0, 0.1) is 5.82 Å². The fourth-order valence-corrected chi connectivity index (χ4v) is 3.50. The number of aromatic nitrogens is 1. The van der Waals surface area contributed by atoms with E-state index in [0.717, 1.165) is 15.0 Å². The first-order chi connectivity index (χ1) is 11.0. The van der Waals surface area contributed by atoms with E-state index in [-0.39, 0.29) is 12.2 Å². The van der Waals surface area contributed by atoms with Crippen LogP contribution < -0.4 is 0 Å². The van der Waals surface area contributed by atoms with Gasteiger partial charge in [-0.3, -0.25) is 4.79 Å². The molecule has 0 radical (unpaired) electrons. The molecule has 3 rings (SSSR count). The Balaban J connectivity index is 2.08. The van der Waals surface area contributed by atoms with Gasteiger partial charge in [0.2, 0.25) is 0 Å². The van der Waals surface area contributed by atoms with Gasteiger partial charge in [0.15, 0.2) is 0 Å². The third-order valence-corrected chi connectivity index (χ3v) is 4.85. The van der Waals surface area contributed by atoms with Crippen molar-refractivity contribution in [1.82, 2.24) is 4.98 Å². The van der Waals surface area contributed by atoms with E-state index >= 15 is 0 Å². The maximum absolute atomic E-state index is 13.1. The van der Waals surface area contributed by atoms with Crippen LogP contribution in [0.3, 0.4) is 0 Å². The first kappa shape index (κ1) is 15.8. The molecule has 0 aliphatic carbocycles. The summed E-state index contributed by atoms with van der Waals surface area (Å²) in [5, 5.41) is 9.85. The summed E-state index contributed by atoms with van der Waals surface area (Å²) in [6.45, 7) is 0. The van der Waals surface area contributed by atoms with Crippen molar-refractivity contribution in [3.8, 4) is 21.8 Å². The van der Waals surface area contributed by atoms with Crippen molar-refractivity contribution in [3.63, 3.8) is 0 Å². The highest BCUT2D eigenvalue weighted by atomic mass is 79.9. The molecule has 23 heavy (non-hydrogen) atoms. The van der Waals surface area contributed by atoms with Gasteiger partial charge in [-0.2, -0.15) is 0 Å². The van der Waals surface area contributed by atoms with Crippen LogP contribution in [0.5, 0.6) is 0 Å². The summed E-state index contributed by atoms with van der Waals surface area (Å²) in [4.78, 5) is 16.3. The standard InChI is InChI=1S/C17H11BrFNO2S/c18-12-5-1-11(2-6-12)17-20-16(14(23-17)9-15(21)22)10-3-7-13(19)8-4-10/h1-8H,9H2,(H,21,22). The lowest BCUT2D eigenvalue weighted by molar-refractivity contribution is -0.136. The highest BCUT2D eigenvalue weighted by Crippen LogP contribution is 2.34. The van der Waals surface area contributed by atoms with E-state index in [9.17, 15) is 9.18 Å². The Morgan fingerprint density at radius 1 is 1.09 bits per heavy atom. The lowest BCUT2D eigenvalue weighted by atomic mass is 10.1. The van der Waals surface area contributed by atoms with Gasteiger partial charge in [0.05, 0.1) is 12.1 Å². The van der Waals surface area contributed by atoms with Gasteiger partial charge < -0.3 is 5.11 Å². The number of carboxylic acids is 1. The van der Waals surface area contributed by atoms with Crippen molar-refractivity contribution in [3.05, 3.63) is 63.7 Å². The molecule has 0 aliphatic rings. The summed E-state index contributed by atoms with van der Waals surface area (Å²) < 4.78 is 14.1. The smallest absolute Gasteiger partial charge is 0.308 e. The number of thiazole rings is 1. The van der Waals surface area contributed by atoms with Crippen molar-refractivity contribution in [2.45, 2.75) is 6.42 Å². The van der Waals surface area contributed by atoms with Crippen molar-refractivity contribution >= 4 is 33.2 Å². The minimum absolute atomic E-state index is 0.110. The van der Waals surface area contributed by atoms with E-state index in [4.69, 9.17) is 5.11 Å². The molecule has 0 bridgehead atoms. The molecule has 0 amide bonds. The summed E-state index contributed by atoms with van der Waals surface area (Å²) in [7, 11) is 0. The number of rotatable bonds is 4. The molecule has 0 spiro atoms. The quantitative estimate of drug-likeness (QED) is 0.680. The van der Waals surface area contributed by atoms with Crippen LogP contribution in [-0.2, 0) is 11.2 Å². The van der Waals surface area contributed by atoms with Gasteiger partial charge in [-0.05, 0) is 36.4 Å². The van der Waals surface area contributed by atoms with Gasteiger partial charge in [0.25, 0.3) is 0 Å². The van der Waals surface area contributed by atoms with Crippen LogP contribution in [0.25, 0.3) is 21.8 Å². The number of carboxylic acid groups (broad SMARTS) is 1. The second kappa shape index (κ2) is 6.60. The minimum Gasteiger partial charge on any atom is -0.481 e. The molecule has 116 valence electrons. The molecule has 0 aliphatic heterocycles. The third-order valence-electron chi connectivity index (χ3n) is 3.22. The lowest BCUT2D eigenvalue weighted by Crippen LogP contribution is -1.99. The first-order valence-corrected chi connectivity index (χ1v) is 8.37. The number of carbonyl (C=O) groups is 1. The molecule has 0 fully saturated rings. The topological polar surface area (TPSA) is 50.2 Å². The van der Waals surface area contributed by atoms with Gasteiger partial charge in [-0.1, -0.05) is 28.1 Å². The minimum atomic E-state index is -0.917. The predicted octanol–water partition coefficient (Wildman–Crippen LogP) is 5.01. The van der Waals surface area contributed by atoms with E-state index in [1.807, 2.05) is 24.3 Å². The number of halogens is 2. The van der Waals surface area contributed by atoms with Gasteiger partial charge in [-0.15, -0.1) is 11.3 Å². The second-order valence-corrected chi connectivity index (χ2v) is 6.87. The van der Waals surface area contributed by atoms with Crippen LogP contribution in [0.1, 0.15) is 4.88 Å². The van der Waals surface area contributed by atoms with Crippen molar-refractivity contribution in [2.75, 3.05) is 0 Å². The molecule has 3 nitrogen and oxygen atoms in total. The second-order valence-electron chi connectivity index (χ2n) is 4.88. The Kier molecular flexibility index (Phi) is 4.54. The fraction of sp³-hybridized carbons (Fsp3) is 0.0588. The summed E-state index contributed by atoms with van der Waals surface area (Å²) >= 11 is 4.73. The van der Waals surface area contributed by atoms with Crippen LogP contribution in [0.15, 0.2) is 53.0 Å². The largest absolute Gasteiger partial charge is 0.481 e. The average Bonchev–Trinajstić information content (AvgIpc) is 2.92. The van der Waals surface area contributed by atoms with Crippen LogP contribution in [0.4, 0.5) is 4.39 Å². The Bertz CT molecular complexity index is 844. The molecule has 3 aromatic rings. The number of hydrogen-bond acceptors (Lipinski definition) is 3. The van der Waals surface area contributed by atoms with E-state index < -0.39 is 5.97 Å². The number of hydrogen-bond donors (Lipinski definition) is 1. The monoisotopic (exact) mass is 391 g/mol. The predicted molar refractivity (Wildman–Crippen MR) is 92.0 cm³/mol. The molecule has 1 heterocycles. The summed E-state index contributed by atoms with van der Waals surface area (Å²) in [5.41, 5.74) is 2.22. The molecular formula is C17H11BrFNO2S. The summed E-state index contributed by atoms with van der Waals surface area (Å²) in [6, 6.07) is 13.6. The molecule has 0 unspecified atom stereocenters. The normalized spacial score (nSPS) is 10.7. The maximum atomic E-state index is 13.1. The summed E-state index contributed by atoms with van der Waals surface area (Å²) in [6.07, 6.45) is -0.110. The van der Waals surface area contributed by atoms with Gasteiger partial charge in [-0.25, -0.2) is 9.37 Å². The SMILES string of the molecule is O=C(O)Cc1sc(-c2ccc(Br)cc2)nc1-c1ccc(F)cc1. The van der Waals surface area contributed by atoms with Gasteiger partial charge >= 0.3 is 5.97 Å². The van der Waals surface area contributed by atoms with E-state index in [1.165, 1.54) is 23.5 Å². The Hall–Kier alpha value is -2.05. The zero-order valence-electron chi connectivity index (χ0n) is 11.8. The third kappa shape index (κ3) is 3.65. The number of benzene rings is 2. The van der Waals surface area contributed by atoms with Crippen molar-refractivity contribution < 1.29 is 14.3 Å². The van der Waals surface area contributed by atoms with Crippen LogP contribution in [0.2, 0.25) is 0 Å². The molecule has 6 heteroatoms. The summed E-state index contributed by atoms with van der Waals surface area (Å²) in [5.74, 6) is -1.25. The Labute approximate surface area is 144 Å². The van der Waals surface area contributed by atoms with Gasteiger partial charge in [0, 0.05) is 20.5 Å². The lowest BCUT2D eigenvalue weighted by Gasteiger charge is -2.00. The van der Waals surface area contributed by atoms with Crippen LogP contribution >= 0.6 is 27.3 Å². The fourth-order valence-electron chi connectivity index (χ4n) is 2.16. The molecule has 0 saturated carbocycles. The van der Waals surface area contributed by atoms with E-state index in [1.54, 1.807) is 12.1 Å².